The third-order valence-electron chi connectivity index (χ3n) is 2.66. The molecular formula is C14H24BrN3. The van der Waals surface area contributed by atoms with E-state index in [1.54, 1.807) is 0 Å². The van der Waals surface area contributed by atoms with Crippen molar-refractivity contribution >= 4 is 21.7 Å². The lowest BCUT2D eigenvalue weighted by molar-refractivity contribution is 0.408. The van der Waals surface area contributed by atoms with Gasteiger partial charge in [-0.05, 0) is 54.5 Å². The van der Waals surface area contributed by atoms with Crippen molar-refractivity contribution in [1.29, 1.82) is 0 Å². The van der Waals surface area contributed by atoms with E-state index < -0.39 is 0 Å². The fraction of sp³-hybridized carbons (Fsp3) is 0.643. The van der Waals surface area contributed by atoms with E-state index in [1.807, 2.05) is 6.20 Å². The predicted octanol–water partition coefficient (Wildman–Crippen LogP) is 3.18. The van der Waals surface area contributed by atoms with Crippen LogP contribution in [0.4, 0.5) is 5.82 Å². The minimum atomic E-state index is 0.627. The minimum absolute atomic E-state index is 0.627. The second kappa shape index (κ2) is 7.10. The molecule has 0 amide bonds. The first kappa shape index (κ1) is 15.4. The molecule has 1 aromatic heterocycles. The number of halogens is 1. The van der Waals surface area contributed by atoms with Crippen molar-refractivity contribution in [3.8, 4) is 0 Å². The number of likely N-dealkylation sites (N-methyl/N-ethyl adjacent to an activating group) is 1. The molecule has 0 aliphatic carbocycles. The van der Waals surface area contributed by atoms with Gasteiger partial charge in [0.1, 0.15) is 5.82 Å². The van der Waals surface area contributed by atoms with Crippen LogP contribution in [0.15, 0.2) is 16.7 Å². The maximum Gasteiger partial charge on any atom is 0.142 e. The Bertz CT molecular complexity index is 377. The maximum absolute atomic E-state index is 4.57. The molecule has 3 nitrogen and oxygen atoms in total. The molecule has 0 saturated heterocycles. The maximum atomic E-state index is 4.57. The Balaban J connectivity index is 2.86. The van der Waals surface area contributed by atoms with E-state index >= 15 is 0 Å². The van der Waals surface area contributed by atoms with Gasteiger partial charge in [-0.15, -0.1) is 0 Å². The highest BCUT2D eigenvalue weighted by Crippen LogP contribution is 2.25. The van der Waals surface area contributed by atoms with Gasteiger partial charge in [0.05, 0.1) is 4.47 Å². The lowest BCUT2D eigenvalue weighted by Crippen LogP contribution is -2.35. The molecule has 0 aromatic carbocycles. The number of hydrogen-bond donors (Lipinski definition) is 0. The van der Waals surface area contributed by atoms with Crippen LogP contribution in [0.2, 0.25) is 0 Å². The van der Waals surface area contributed by atoms with E-state index in [1.165, 1.54) is 5.56 Å². The molecule has 0 fully saturated rings. The summed E-state index contributed by atoms with van der Waals surface area (Å²) >= 11 is 3.63. The van der Waals surface area contributed by atoms with E-state index in [2.05, 4.69) is 71.6 Å². The Morgan fingerprint density at radius 2 is 1.94 bits per heavy atom. The lowest BCUT2D eigenvalue weighted by atomic mass is 10.2. The topological polar surface area (TPSA) is 19.4 Å². The lowest BCUT2D eigenvalue weighted by Gasteiger charge is -2.28. The van der Waals surface area contributed by atoms with Gasteiger partial charge in [-0.2, -0.15) is 0 Å². The van der Waals surface area contributed by atoms with Gasteiger partial charge in [0, 0.05) is 25.8 Å². The van der Waals surface area contributed by atoms with Gasteiger partial charge in [-0.1, -0.05) is 13.8 Å². The zero-order valence-electron chi connectivity index (χ0n) is 12.1. The molecule has 0 unspecified atom stereocenters. The van der Waals surface area contributed by atoms with Gasteiger partial charge >= 0.3 is 0 Å². The molecule has 0 aliphatic rings. The third kappa shape index (κ3) is 4.94. The molecule has 0 atom stereocenters. The van der Waals surface area contributed by atoms with Crippen LogP contribution in [0.5, 0.6) is 0 Å². The summed E-state index contributed by atoms with van der Waals surface area (Å²) in [4.78, 5) is 9.13. The minimum Gasteiger partial charge on any atom is -0.354 e. The Hall–Kier alpha value is -0.610. The van der Waals surface area contributed by atoms with Crippen LogP contribution in [-0.4, -0.2) is 43.6 Å². The fourth-order valence-corrected chi connectivity index (χ4v) is 2.52. The molecule has 0 radical (unpaired) electrons. The molecule has 0 aliphatic heterocycles. The first-order valence-electron chi connectivity index (χ1n) is 6.42. The summed E-state index contributed by atoms with van der Waals surface area (Å²) in [5.74, 6) is 1.68. The Morgan fingerprint density at radius 1 is 1.28 bits per heavy atom. The Morgan fingerprint density at radius 3 is 2.44 bits per heavy atom. The summed E-state index contributed by atoms with van der Waals surface area (Å²) in [5.41, 5.74) is 1.18. The SMILES string of the molecule is Cc1cnc(N(CCN(C)C)CC(C)C)c(Br)c1. The van der Waals surface area contributed by atoms with E-state index in [9.17, 15) is 0 Å². The first-order chi connectivity index (χ1) is 8.40. The molecular weight excluding hydrogens is 290 g/mol. The normalized spacial score (nSPS) is 11.3. The smallest absolute Gasteiger partial charge is 0.142 e. The largest absolute Gasteiger partial charge is 0.354 e. The summed E-state index contributed by atoms with van der Waals surface area (Å²) in [7, 11) is 4.20. The molecule has 1 heterocycles. The number of rotatable bonds is 6. The van der Waals surface area contributed by atoms with Crippen molar-refractivity contribution < 1.29 is 0 Å². The van der Waals surface area contributed by atoms with Crippen molar-refractivity contribution in [2.45, 2.75) is 20.8 Å². The summed E-state index contributed by atoms with van der Waals surface area (Å²) in [6.07, 6.45) is 1.93. The molecule has 1 rings (SSSR count). The van der Waals surface area contributed by atoms with Gasteiger partial charge in [0.15, 0.2) is 0 Å². The quantitative estimate of drug-likeness (QED) is 0.804. The van der Waals surface area contributed by atoms with Crippen LogP contribution in [0, 0.1) is 12.8 Å². The molecule has 0 saturated carbocycles. The zero-order valence-corrected chi connectivity index (χ0v) is 13.7. The summed E-state index contributed by atoms with van der Waals surface area (Å²) in [5, 5.41) is 0. The predicted molar refractivity (Wildman–Crippen MR) is 82.3 cm³/mol. The number of aromatic nitrogens is 1. The van der Waals surface area contributed by atoms with E-state index in [0.29, 0.717) is 5.92 Å². The summed E-state index contributed by atoms with van der Waals surface area (Å²) in [6.45, 7) is 9.61. The zero-order chi connectivity index (χ0) is 13.7. The van der Waals surface area contributed by atoms with Crippen molar-refractivity contribution in [3.63, 3.8) is 0 Å². The number of hydrogen-bond acceptors (Lipinski definition) is 3. The molecule has 1 aromatic rings. The van der Waals surface area contributed by atoms with Gasteiger partial charge in [-0.3, -0.25) is 0 Å². The van der Waals surface area contributed by atoms with E-state index in [-0.39, 0.29) is 0 Å². The molecule has 18 heavy (non-hydrogen) atoms. The molecule has 102 valence electrons. The molecule has 0 spiro atoms. The van der Waals surface area contributed by atoms with Crippen LogP contribution in [0.3, 0.4) is 0 Å². The monoisotopic (exact) mass is 313 g/mol. The molecule has 4 heteroatoms. The summed E-state index contributed by atoms with van der Waals surface area (Å²) in [6, 6.07) is 2.13. The highest BCUT2D eigenvalue weighted by atomic mass is 79.9. The third-order valence-corrected chi connectivity index (χ3v) is 3.24. The van der Waals surface area contributed by atoms with Crippen LogP contribution < -0.4 is 4.90 Å². The standard InChI is InChI=1S/C14H24BrN3/c1-11(2)10-18(7-6-17(4)5)14-13(15)8-12(3)9-16-14/h8-9,11H,6-7,10H2,1-5H3. The Labute approximate surface area is 119 Å². The van der Waals surface area contributed by atoms with Crippen molar-refractivity contribution in [2.24, 2.45) is 5.92 Å². The average Bonchev–Trinajstić information content (AvgIpc) is 2.24. The van der Waals surface area contributed by atoms with E-state index in [0.717, 1.165) is 29.9 Å². The number of anilines is 1. The van der Waals surface area contributed by atoms with Crippen LogP contribution >= 0.6 is 15.9 Å². The van der Waals surface area contributed by atoms with Crippen LogP contribution in [0.1, 0.15) is 19.4 Å². The summed E-state index contributed by atoms with van der Waals surface area (Å²) < 4.78 is 1.09. The van der Waals surface area contributed by atoms with Crippen LogP contribution in [0.25, 0.3) is 0 Å². The fourth-order valence-electron chi connectivity index (χ4n) is 1.80. The second-order valence-corrected chi connectivity index (χ2v) is 6.32. The van der Waals surface area contributed by atoms with Gasteiger partial charge in [0.2, 0.25) is 0 Å². The number of pyridine rings is 1. The van der Waals surface area contributed by atoms with Gasteiger partial charge in [0.25, 0.3) is 0 Å². The van der Waals surface area contributed by atoms with Crippen molar-refractivity contribution in [2.75, 3.05) is 38.6 Å². The van der Waals surface area contributed by atoms with E-state index in [4.69, 9.17) is 0 Å². The van der Waals surface area contributed by atoms with Crippen LogP contribution in [-0.2, 0) is 0 Å². The molecule has 0 N–H and O–H groups in total. The highest BCUT2D eigenvalue weighted by Gasteiger charge is 2.13. The average molecular weight is 314 g/mol. The second-order valence-electron chi connectivity index (χ2n) is 5.46. The first-order valence-corrected chi connectivity index (χ1v) is 7.21. The van der Waals surface area contributed by atoms with Gasteiger partial charge < -0.3 is 9.80 Å². The molecule has 0 bridgehead atoms. The highest BCUT2D eigenvalue weighted by molar-refractivity contribution is 9.10. The van der Waals surface area contributed by atoms with Crippen molar-refractivity contribution in [1.82, 2.24) is 9.88 Å². The number of nitrogens with zero attached hydrogens (tertiary/aromatic N) is 3. The number of aryl methyl sites for hydroxylation is 1. The van der Waals surface area contributed by atoms with Gasteiger partial charge in [-0.25, -0.2) is 4.98 Å². The Kier molecular flexibility index (Phi) is 6.09. The van der Waals surface area contributed by atoms with Crippen molar-refractivity contribution in [3.05, 3.63) is 22.3 Å².